The average molecular weight is 347 g/mol. The van der Waals surface area contributed by atoms with Crippen molar-refractivity contribution in [1.29, 1.82) is 0 Å². The van der Waals surface area contributed by atoms with Gasteiger partial charge in [-0.3, -0.25) is 9.59 Å². The molecular formula is C20H23ClO3. The van der Waals surface area contributed by atoms with Crippen molar-refractivity contribution in [3.63, 3.8) is 0 Å². The molecule has 0 N–H and O–H groups in total. The second-order valence-corrected chi connectivity index (χ2v) is 5.92. The number of hydrogen-bond donors (Lipinski definition) is 0. The van der Waals surface area contributed by atoms with Crippen LogP contribution in [0.5, 0.6) is 0 Å². The molecule has 0 saturated heterocycles. The molecule has 0 aromatic heterocycles. The summed E-state index contributed by atoms with van der Waals surface area (Å²) in [5.41, 5.74) is 0.138. The lowest BCUT2D eigenvalue weighted by atomic mass is 9.78. The number of hydrogen-bond acceptors (Lipinski definition) is 3. The minimum Gasteiger partial charge on any atom is -0.466 e. The van der Waals surface area contributed by atoms with Crippen LogP contribution < -0.4 is 0 Å². The van der Waals surface area contributed by atoms with Crippen molar-refractivity contribution < 1.29 is 14.3 Å². The number of esters is 1. The Labute approximate surface area is 149 Å². The Hall–Kier alpha value is -2.05. The van der Waals surface area contributed by atoms with Gasteiger partial charge in [-0.15, -0.1) is 0 Å². The zero-order valence-electron chi connectivity index (χ0n) is 14.4. The van der Waals surface area contributed by atoms with E-state index in [1.165, 1.54) is 6.92 Å². The van der Waals surface area contributed by atoms with Crippen LogP contribution in [-0.2, 0) is 14.3 Å². The van der Waals surface area contributed by atoms with Crippen LogP contribution in [0, 0.1) is 17.3 Å². The number of ketones is 1. The summed E-state index contributed by atoms with van der Waals surface area (Å²) in [6.07, 6.45) is 5.14. The quantitative estimate of drug-likeness (QED) is 0.409. The number of allylic oxidation sites excluding steroid dienone is 1. The molecule has 4 heteroatoms. The van der Waals surface area contributed by atoms with E-state index in [4.69, 9.17) is 16.3 Å². The number of carbonyl (C=O) groups is 2. The third-order valence-electron chi connectivity index (χ3n) is 3.79. The summed E-state index contributed by atoms with van der Waals surface area (Å²) >= 11 is 6.14. The maximum atomic E-state index is 12.4. The molecule has 0 bridgehead atoms. The van der Waals surface area contributed by atoms with Crippen molar-refractivity contribution in [2.75, 3.05) is 6.61 Å². The minimum absolute atomic E-state index is 0.213. The smallest absolute Gasteiger partial charge is 0.313 e. The van der Waals surface area contributed by atoms with Crippen molar-refractivity contribution in [3.8, 4) is 11.8 Å². The first kappa shape index (κ1) is 20.0. The molecule has 0 heterocycles. The summed E-state index contributed by atoms with van der Waals surface area (Å²) in [4.78, 5) is 23.5. The van der Waals surface area contributed by atoms with Crippen LogP contribution >= 0.6 is 11.6 Å². The number of Topliss-reactive ketones (excluding diaryl/α,β-unsaturated/α-hetero) is 1. The molecule has 0 radical (unpaired) electrons. The van der Waals surface area contributed by atoms with Crippen molar-refractivity contribution in [1.82, 2.24) is 0 Å². The summed E-state index contributed by atoms with van der Waals surface area (Å²) in [5, 5.41) is 0.656. The molecule has 0 saturated carbocycles. The number of ether oxygens (including phenoxy) is 1. The number of halogens is 1. The summed E-state index contributed by atoms with van der Waals surface area (Å²) < 4.78 is 5.23. The molecule has 1 aromatic rings. The Morgan fingerprint density at radius 3 is 2.58 bits per heavy atom. The molecule has 1 atom stereocenters. The van der Waals surface area contributed by atoms with E-state index in [1.54, 1.807) is 6.92 Å². The van der Waals surface area contributed by atoms with Gasteiger partial charge in [0, 0.05) is 18.4 Å². The van der Waals surface area contributed by atoms with E-state index in [-0.39, 0.29) is 18.2 Å². The molecule has 128 valence electrons. The molecule has 1 aromatic carbocycles. The molecule has 0 fully saturated rings. The highest BCUT2D eigenvalue weighted by Crippen LogP contribution is 2.33. The van der Waals surface area contributed by atoms with E-state index in [0.29, 0.717) is 24.5 Å². The summed E-state index contributed by atoms with van der Waals surface area (Å²) in [6, 6.07) is 7.50. The van der Waals surface area contributed by atoms with Gasteiger partial charge in [-0.1, -0.05) is 54.8 Å². The van der Waals surface area contributed by atoms with Crippen molar-refractivity contribution >= 4 is 29.4 Å². The number of rotatable bonds is 7. The average Bonchev–Trinajstić information content (AvgIpc) is 2.55. The number of carbonyl (C=O) groups excluding carboxylic acids is 2. The van der Waals surface area contributed by atoms with Gasteiger partial charge >= 0.3 is 5.97 Å². The second kappa shape index (κ2) is 9.95. The minimum atomic E-state index is -0.754. The normalized spacial score (nSPS) is 13.0. The van der Waals surface area contributed by atoms with E-state index in [9.17, 15) is 9.59 Å². The lowest BCUT2D eigenvalue weighted by molar-refractivity contribution is -0.155. The maximum Gasteiger partial charge on any atom is 0.313 e. The monoisotopic (exact) mass is 346 g/mol. The topological polar surface area (TPSA) is 43.4 Å². The van der Waals surface area contributed by atoms with Crippen LogP contribution in [0.3, 0.4) is 0 Å². The van der Waals surface area contributed by atoms with Gasteiger partial charge in [0.1, 0.15) is 0 Å². The van der Waals surface area contributed by atoms with Crippen LogP contribution in [-0.4, -0.2) is 18.4 Å². The largest absolute Gasteiger partial charge is 0.466 e. The Kier molecular flexibility index (Phi) is 8.29. The zero-order chi connectivity index (χ0) is 18.0. The highest BCUT2D eigenvalue weighted by atomic mass is 35.5. The van der Waals surface area contributed by atoms with E-state index in [1.807, 2.05) is 43.3 Å². The predicted molar refractivity (Wildman–Crippen MR) is 97.5 cm³/mol. The SMILES string of the molecule is CCOC(=O)C(CC)(CC#CC(C)=O)CC=Cc1ccccc1Cl. The van der Waals surface area contributed by atoms with Crippen molar-refractivity contribution in [3.05, 3.63) is 40.9 Å². The molecule has 0 aliphatic rings. The summed E-state index contributed by atoms with van der Waals surface area (Å²) in [5.74, 6) is 4.83. The zero-order valence-corrected chi connectivity index (χ0v) is 15.2. The number of benzene rings is 1. The first-order valence-electron chi connectivity index (χ1n) is 8.03. The van der Waals surface area contributed by atoms with E-state index in [0.717, 1.165) is 5.56 Å². The third-order valence-corrected chi connectivity index (χ3v) is 4.13. The molecule has 1 unspecified atom stereocenters. The lowest BCUT2D eigenvalue weighted by Gasteiger charge is -2.27. The van der Waals surface area contributed by atoms with Crippen LogP contribution in [0.1, 0.15) is 45.6 Å². The summed E-state index contributed by atoms with van der Waals surface area (Å²) in [7, 11) is 0. The molecule has 0 amide bonds. The van der Waals surface area contributed by atoms with Crippen LogP contribution in [0.25, 0.3) is 6.08 Å². The molecule has 0 aliphatic carbocycles. The highest BCUT2D eigenvalue weighted by molar-refractivity contribution is 6.32. The Bertz CT molecular complexity index is 667. The first-order valence-corrected chi connectivity index (χ1v) is 8.40. The van der Waals surface area contributed by atoms with Gasteiger partial charge < -0.3 is 4.74 Å². The highest BCUT2D eigenvalue weighted by Gasteiger charge is 2.36. The Morgan fingerprint density at radius 2 is 2.00 bits per heavy atom. The Morgan fingerprint density at radius 1 is 1.29 bits per heavy atom. The van der Waals surface area contributed by atoms with E-state index in [2.05, 4.69) is 11.8 Å². The molecule has 1 rings (SSSR count). The molecule has 0 spiro atoms. The fourth-order valence-corrected chi connectivity index (χ4v) is 2.48. The van der Waals surface area contributed by atoms with Gasteiger partial charge in [0.25, 0.3) is 0 Å². The Balaban J connectivity index is 3.00. The van der Waals surface area contributed by atoms with Gasteiger partial charge in [0.15, 0.2) is 0 Å². The standard InChI is InChI=1S/C20H23ClO3/c1-4-20(19(23)24-5-2,14-8-10-16(3)22)15-9-12-17-11-6-7-13-18(17)21/h6-7,9,11-13H,4-5,14-15H2,1-3H3. The van der Waals surface area contributed by atoms with Crippen LogP contribution in [0.15, 0.2) is 30.3 Å². The molecule has 24 heavy (non-hydrogen) atoms. The van der Waals surface area contributed by atoms with Crippen molar-refractivity contribution in [2.24, 2.45) is 5.41 Å². The third kappa shape index (κ3) is 5.86. The predicted octanol–water partition coefficient (Wildman–Crippen LogP) is 4.69. The fraction of sp³-hybridized carbons (Fsp3) is 0.400. The second-order valence-electron chi connectivity index (χ2n) is 5.52. The van der Waals surface area contributed by atoms with Gasteiger partial charge in [-0.05, 0) is 37.3 Å². The summed E-state index contributed by atoms with van der Waals surface area (Å²) in [6.45, 7) is 5.42. The maximum absolute atomic E-state index is 12.4. The van der Waals surface area contributed by atoms with Crippen LogP contribution in [0.2, 0.25) is 5.02 Å². The molecule has 0 aliphatic heterocycles. The van der Waals surface area contributed by atoms with Gasteiger partial charge in [-0.25, -0.2) is 0 Å². The van der Waals surface area contributed by atoms with E-state index >= 15 is 0 Å². The first-order chi connectivity index (χ1) is 11.4. The van der Waals surface area contributed by atoms with Gasteiger partial charge in [-0.2, -0.15) is 0 Å². The van der Waals surface area contributed by atoms with Crippen LogP contribution in [0.4, 0.5) is 0 Å². The van der Waals surface area contributed by atoms with Crippen molar-refractivity contribution in [2.45, 2.75) is 40.0 Å². The van der Waals surface area contributed by atoms with Gasteiger partial charge in [0.2, 0.25) is 5.78 Å². The lowest BCUT2D eigenvalue weighted by Crippen LogP contribution is -2.32. The molecular weight excluding hydrogens is 324 g/mol. The van der Waals surface area contributed by atoms with Gasteiger partial charge in [0.05, 0.1) is 12.0 Å². The fourth-order valence-electron chi connectivity index (χ4n) is 2.29. The van der Waals surface area contributed by atoms with E-state index < -0.39 is 5.41 Å². The molecule has 3 nitrogen and oxygen atoms in total.